The largest absolute Gasteiger partial charge is 0.381 e. The van der Waals surface area contributed by atoms with Gasteiger partial charge in [-0.15, -0.1) is 0 Å². The van der Waals surface area contributed by atoms with E-state index in [1.54, 1.807) is 13.3 Å². The van der Waals surface area contributed by atoms with Crippen LogP contribution in [0.4, 0.5) is 0 Å². The number of ether oxygens (including phenoxy) is 2. The number of nitrogens with one attached hydrogen (secondary N) is 1. The van der Waals surface area contributed by atoms with Crippen LogP contribution in [0.3, 0.4) is 0 Å². The third-order valence-electron chi connectivity index (χ3n) is 4.08. The van der Waals surface area contributed by atoms with E-state index in [0.29, 0.717) is 18.2 Å². The van der Waals surface area contributed by atoms with E-state index >= 15 is 0 Å². The molecule has 114 valence electrons. The van der Waals surface area contributed by atoms with Crippen molar-refractivity contribution in [2.24, 2.45) is 7.05 Å². The Morgan fingerprint density at radius 3 is 2.75 bits per heavy atom. The number of hydrogen-bond donors (Lipinski definition) is 1. The molecule has 2 rings (SSSR count). The Morgan fingerprint density at radius 2 is 2.25 bits per heavy atom. The molecule has 0 amide bonds. The molecule has 0 radical (unpaired) electrons. The molecule has 0 spiro atoms. The number of methoxy groups -OCH3 is 1. The lowest BCUT2D eigenvalue weighted by Gasteiger charge is -2.42. The van der Waals surface area contributed by atoms with E-state index in [1.165, 1.54) is 0 Å². The Bertz CT molecular complexity index is 411. The van der Waals surface area contributed by atoms with E-state index in [9.17, 15) is 0 Å². The van der Waals surface area contributed by atoms with Crippen molar-refractivity contribution in [1.29, 1.82) is 0 Å². The summed E-state index contributed by atoms with van der Waals surface area (Å²) in [5, 5.41) is 8.54. The molecular formula is C14H24ClN3O2. The van der Waals surface area contributed by atoms with Crippen LogP contribution in [-0.4, -0.2) is 42.2 Å². The molecule has 1 saturated heterocycles. The maximum Gasteiger partial charge on any atom is 0.0932 e. The van der Waals surface area contributed by atoms with Gasteiger partial charge in [0.25, 0.3) is 0 Å². The average molecular weight is 302 g/mol. The number of nitrogens with zero attached hydrogens (tertiary/aromatic N) is 2. The average Bonchev–Trinajstić information content (AvgIpc) is 2.80. The molecule has 0 aromatic carbocycles. The van der Waals surface area contributed by atoms with Crippen molar-refractivity contribution in [3.8, 4) is 0 Å². The summed E-state index contributed by atoms with van der Waals surface area (Å²) in [7, 11) is 3.70. The van der Waals surface area contributed by atoms with Crippen LogP contribution >= 0.6 is 11.6 Å². The van der Waals surface area contributed by atoms with Crippen LogP contribution in [0, 0.1) is 0 Å². The van der Waals surface area contributed by atoms with E-state index in [0.717, 1.165) is 31.5 Å². The van der Waals surface area contributed by atoms with Gasteiger partial charge in [-0.05, 0) is 13.0 Å². The molecule has 20 heavy (non-hydrogen) atoms. The van der Waals surface area contributed by atoms with Gasteiger partial charge >= 0.3 is 0 Å². The highest BCUT2D eigenvalue weighted by atomic mass is 35.5. The normalized spacial score (nSPS) is 20.0. The summed E-state index contributed by atoms with van der Waals surface area (Å²) in [6, 6.07) is 0.0244. The first kappa shape index (κ1) is 15.8. The van der Waals surface area contributed by atoms with Crippen LogP contribution in [-0.2, 0) is 16.5 Å². The number of aromatic nitrogens is 2. The van der Waals surface area contributed by atoms with Crippen LogP contribution in [0.5, 0.6) is 0 Å². The Morgan fingerprint density at radius 1 is 1.55 bits per heavy atom. The summed E-state index contributed by atoms with van der Waals surface area (Å²) < 4.78 is 13.3. The highest BCUT2D eigenvalue weighted by Gasteiger charge is 2.43. The lowest BCUT2D eigenvalue weighted by molar-refractivity contribution is -0.112. The second kappa shape index (κ2) is 6.89. The van der Waals surface area contributed by atoms with Crippen LogP contribution in [0.15, 0.2) is 6.20 Å². The van der Waals surface area contributed by atoms with Gasteiger partial charge in [0.05, 0.1) is 28.6 Å². The Hall–Kier alpha value is -0.620. The minimum absolute atomic E-state index is 0.0244. The summed E-state index contributed by atoms with van der Waals surface area (Å²) in [6.45, 7) is 4.50. The molecule has 1 aromatic rings. The molecule has 0 bridgehead atoms. The molecule has 0 aliphatic carbocycles. The predicted octanol–water partition coefficient (Wildman–Crippen LogP) is 2.31. The number of rotatable bonds is 6. The van der Waals surface area contributed by atoms with E-state index in [4.69, 9.17) is 21.1 Å². The number of aryl methyl sites for hydroxylation is 1. The smallest absolute Gasteiger partial charge is 0.0932 e. The fourth-order valence-corrected chi connectivity index (χ4v) is 3.17. The van der Waals surface area contributed by atoms with Gasteiger partial charge in [0, 0.05) is 40.2 Å². The van der Waals surface area contributed by atoms with Crippen molar-refractivity contribution < 1.29 is 9.47 Å². The van der Waals surface area contributed by atoms with Gasteiger partial charge in [0.1, 0.15) is 0 Å². The second-order valence-corrected chi connectivity index (χ2v) is 5.68. The minimum atomic E-state index is -0.287. The molecule has 6 heteroatoms. The zero-order valence-electron chi connectivity index (χ0n) is 12.5. The summed E-state index contributed by atoms with van der Waals surface area (Å²) in [5.41, 5.74) is 0.703. The third kappa shape index (κ3) is 3.01. The maximum atomic E-state index is 6.35. The molecular weight excluding hydrogens is 278 g/mol. The SMILES string of the molecule is CCCNC(c1c(Cl)cnn1C)C1(OC)CCOCC1. The fourth-order valence-electron chi connectivity index (χ4n) is 2.89. The lowest BCUT2D eigenvalue weighted by atomic mass is 9.84. The molecule has 1 aliphatic rings. The number of hydrogen-bond acceptors (Lipinski definition) is 4. The molecule has 5 nitrogen and oxygen atoms in total. The molecule has 1 unspecified atom stereocenters. The first-order valence-corrected chi connectivity index (χ1v) is 7.56. The Labute approximate surface area is 125 Å². The quantitative estimate of drug-likeness (QED) is 0.876. The van der Waals surface area contributed by atoms with Gasteiger partial charge in [-0.1, -0.05) is 18.5 Å². The summed E-state index contributed by atoms with van der Waals surface area (Å²) >= 11 is 6.35. The highest BCUT2D eigenvalue weighted by molar-refractivity contribution is 6.31. The van der Waals surface area contributed by atoms with Crippen molar-refractivity contribution in [2.75, 3.05) is 26.9 Å². The molecule has 1 aromatic heterocycles. The predicted molar refractivity (Wildman–Crippen MR) is 79.0 cm³/mol. The van der Waals surface area contributed by atoms with Crippen molar-refractivity contribution in [2.45, 2.75) is 37.8 Å². The fraction of sp³-hybridized carbons (Fsp3) is 0.786. The van der Waals surface area contributed by atoms with Gasteiger partial charge in [0.15, 0.2) is 0 Å². The first-order chi connectivity index (χ1) is 9.64. The van der Waals surface area contributed by atoms with E-state index in [1.807, 2.05) is 11.7 Å². The summed E-state index contributed by atoms with van der Waals surface area (Å²) in [5.74, 6) is 0. The van der Waals surface area contributed by atoms with E-state index < -0.39 is 0 Å². The monoisotopic (exact) mass is 301 g/mol. The van der Waals surface area contributed by atoms with Crippen LogP contribution < -0.4 is 5.32 Å². The van der Waals surface area contributed by atoms with Crippen molar-refractivity contribution in [3.63, 3.8) is 0 Å². The molecule has 1 fully saturated rings. The van der Waals surface area contributed by atoms with Crippen LogP contribution in [0.1, 0.15) is 37.9 Å². The molecule has 1 aliphatic heterocycles. The standard InChI is InChI=1S/C14H24ClN3O2/c1-4-7-16-13(12-11(15)10-17-18(12)2)14(19-3)5-8-20-9-6-14/h10,13,16H,4-9H2,1-3H3. The lowest BCUT2D eigenvalue weighted by Crippen LogP contribution is -2.50. The molecule has 1 atom stereocenters. The van der Waals surface area contributed by atoms with Gasteiger partial charge in [0.2, 0.25) is 0 Å². The zero-order valence-corrected chi connectivity index (χ0v) is 13.2. The van der Waals surface area contributed by atoms with Crippen molar-refractivity contribution in [3.05, 3.63) is 16.9 Å². The third-order valence-corrected chi connectivity index (χ3v) is 4.37. The number of halogens is 1. The molecule has 1 N–H and O–H groups in total. The maximum absolute atomic E-state index is 6.35. The minimum Gasteiger partial charge on any atom is -0.381 e. The Balaban J connectivity index is 2.35. The summed E-state index contributed by atoms with van der Waals surface area (Å²) in [4.78, 5) is 0. The van der Waals surface area contributed by atoms with Gasteiger partial charge in [-0.3, -0.25) is 4.68 Å². The Kier molecular flexibility index (Phi) is 5.43. The van der Waals surface area contributed by atoms with Gasteiger partial charge in [-0.2, -0.15) is 5.10 Å². The summed E-state index contributed by atoms with van der Waals surface area (Å²) in [6.07, 6.45) is 4.46. The van der Waals surface area contributed by atoms with Crippen LogP contribution in [0.25, 0.3) is 0 Å². The van der Waals surface area contributed by atoms with Gasteiger partial charge < -0.3 is 14.8 Å². The van der Waals surface area contributed by atoms with E-state index in [2.05, 4.69) is 17.3 Å². The second-order valence-electron chi connectivity index (χ2n) is 5.27. The van der Waals surface area contributed by atoms with E-state index in [-0.39, 0.29) is 11.6 Å². The first-order valence-electron chi connectivity index (χ1n) is 7.18. The molecule has 2 heterocycles. The van der Waals surface area contributed by atoms with Crippen LogP contribution in [0.2, 0.25) is 5.02 Å². The van der Waals surface area contributed by atoms with Crippen molar-refractivity contribution >= 4 is 11.6 Å². The molecule has 0 saturated carbocycles. The topological polar surface area (TPSA) is 48.3 Å². The van der Waals surface area contributed by atoms with Gasteiger partial charge in [-0.25, -0.2) is 0 Å². The zero-order chi connectivity index (χ0) is 14.6. The van der Waals surface area contributed by atoms with Crippen molar-refractivity contribution in [1.82, 2.24) is 15.1 Å². The highest BCUT2D eigenvalue weighted by Crippen LogP contribution is 2.39.